The van der Waals surface area contributed by atoms with Crippen molar-refractivity contribution in [2.24, 2.45) is 11.7 Å². The van der Waals surface area contributed by atoms with Gasteiger partial charge in [0, 0.05) is 13.0 Å². The standard InChI is InChI=1S/C13H19NO/c1-10-3-2-4-11(7-10)8-13(15,9-14)12-5-6-12/h2-4,7,12,15H,5-6,8-9,14H2,1H3. The summed E-state index contributed by atoms with van der Waals surface area (Å²) in [5, 5.41) is 10.4. The van der Waals surface area contributed by atoms with Gasteiger partial charge in [-0.2, -0.15) is 0 Å². The van der Waals surface area contributed by atoms with Crippen molar-refractivity contribution in [2.45, 2.75) is 31.8 Å². The molecular weight excluding hydrogens is 186 g/mol. The predicted octanol–water partition coefficient (Wildman–Crippen LogP) is 1.64. The SMILES string of the molecule is Cc1cccc(CC(O)(CN)C2CC2)c1. The van der Waals surface area contributed by atoms with Crippen LogP contribution in [0.15, 0.2) is 24.3 Å². The van der Waals surface area contributed by atoms with Crippen LogP contribution < -0.4 is 5.73 Å². The van der Waals surface area contributed by atoms with E-state index in [1.807, 2.05) is 6.07 Å². The van der Waals surface area contributed by atoms with Crippen LogP contribution in [0.3, 0.4) is 0 Å². The molecule has 0 aliphatic heterocycles. The first kappa shape index (κ1) is 10.7. The second-order valence-corrected chi connectivity index (χ2v) is 4.75. The molecule has 3 N–H and O–H groups in total. The normalized spacial score (nSPS) is 19.9. The number of benzene rings is 1. The molecule has 15 heavy (non-hydrogen) atoms. The van der Waals surface area contributed by atoms with Crippen LogP contribution in [0.5, 0.6) is 0 Å². The Hall–Kier alpha value is -0.860. The van der Waals surface area contributed by atoms with Crippen molar-refractivity contribution in [1.29, 1.82) is 0 Å². The molecule has 1 aliphatic carbocycles. The highest BCUT2D eigenvalue weighted by Crippen LogP contribution is 2.40. The summed E-state index contributed by atoms with van der Waals surface area (Å²) in [6.07, 6.45) is 2.94. The minimum Gasteiger partial charge on any atom is -0.388 e. The van der Waals surface area contributed by atoms with Crippen molar-refractivity contribution < 1.29 is 5.11 Å². The van der Waals surface area contributed by atoms with Crippen LogP contribution in [0.4, 0.5) is 0 Å². The molecule has 0 saturated heterocycles. The van der Waals surface area contributed by atoms with Gasteiger partial charge < -0.3 is 10.8 Å². The molecular formula is C13H19NO. The molecule has 1 aromatic rings. The number of hydrogen-bond donors (Lipinski definition) is 2. The average molecular weight is 205 g/mol. The molecule has 0 heterocycles. The zero-order valence-electron chi connectivity index (χ0n) is 9.24. The number of rotatable bonds is 4. The summed E-state index contributed by atoms with van der Waals surface area (Å²) in [5.74, 6) is 0.419. The van der Waals surface area contributed by atoms with E-state index in [2.05, 4.69) is 25.1 Å². The van der Waals surface area contributed by atoms with E-state index in [0.717, 1.165) is 12.8 Å². The van der Waals surface area contributed by atoms with E-state index in [4.69, 9.17) is 5.73 Å². The predicted molar refractivity (Wildman–Crippen MR) is 61.6 cm³/mol. The number of aliphatic hydroxyl groups is 1. The Morgan fingerprint density at radius 3 is 2.73 bits per heavy atom. The topological polar surface area (TPSA) is 46.2 Å². The van der Waals surface area contributed by atoms with Gasteiger partial charge in [0.2, 0.25) is 0 Å². The quantitative estimate of drug-likeness (QED) is 0.785. The van der Waals surface area contributed by atoms with Gasteiger partial charge >= 0.3 is 0 Å². The second kappa shape index (κ2) is 3.95. The number of nitrogens with two attached hydrogens (primary N) is 1. The fraction of sp³-hybridized carbons (Fsp3) is 0.538. The van der Waals surface area contributed by atoms with Crippen molar-refractivity contribution in [1.82, 2.24) is 0 Å². The highest BCUT2D eigenvalue weighted by atomic mass is 16.3. The molecule has 1 aromatic carbocycles. The van der Waals surface area contributed by atoms with Crippen LogP contribution in [-0.2, 0) is 6.42 Å². The lowest BCUT2D eigenvalue weighted by atomic mass is 9.89. The molecule has 0 spiro atoms. The molecule has 2 rings (SSSR count). The maximum absolute atomic E-state index is 10.4. The molecule has 0 amide bonds. The summed E-state index contributed by atoms with van der Waals surface area (Å²) in [5.41, 5.74) is 7.44. The molecule has 1 fully saturated rings. The van der Waals surface area contributed by atoms with E-state index in [9.17, 15) is 5.11 Å². The summed E-state index contributed by atoms with van der Waals surface area (Å²) >= 11 is 0. The molecule has 0 aromatic heterocycles. The smallest absolute Gasteiger partial charge is 0.0837 e. The van der Waals surface area contributed by atoms with Gasteiger partial charge in [0.05, 0.1) is 5.60 Å². The van der Waals surface area contributed by atoms with Gasteiger partial charge in [-0.15, -0.1) is 0 Å². The summed E-state index contributed by atoms with van der Waals surface area (Å²) in [4.78, 5) is 0. The molecule has 1 atom stereocenters. The van der Waals surface area contributed by atoms with Gasteiger partial charge in [0.1, 0.15) is 0 Å². The molecule has 0 radical (unpaired) electrons. The molecule has 2 nitrogen and oxygen atoms in total. The second-order valence-electron chi connectivity index (χ2n) is 4.75. The Bertz CT molecular complexity index is 346. The first-order chi connectivity index (χ1) is 7.14. The minimum absolute atomic E-state index is 0.367. The Kier molecular flexibility index (Phi) is 2.81. The molecule has 2 heteroatoms. The summed E-state index contributed by atoms with van der Waals surface area (Å²) in [7, 11) is 0. The van der Waals surface area contributed by atoms with E-state index >= 15 is 0 Å². The number of hydrogen-bond acceptors (Lipinski definition) is 2. The Balaban J connectivity index is 2.12. The Labute approximate surface area is 91.1 Å². The van der Waals surface area contributed by atoms with Crippen LogP contribution in [0.1, 0.15) is 24.0 Å². The first-order valence-corrected chi connectivity index (χ1v) is 5.62. The summed E-state index contributed by atoms with van der Waals surface area (Å²) in [6, 6.07) is 8.30. The van der Waals surface area contributed by atoms with Crippen molar-refractivity contribution in [3.8, 4) is 0 Å². The highest BCUT2D eigenvalue weighted by molar-refractivity contribution is 5.24. The van der Waals surface area contributed by atoms with Gasteiger partial charge in [0.25, 0.3) is 0 Å². The summed E-state index contributed by atoms with van der Waals surface area (Å²) in [6.45, 7) is 2.44. The van der Waals surface area contributed by atoms with Gasteiger partial charge in [0.15, 0.2) is 0 Å². The van der Waals surface area contributed by atoms with Crippen molar-refractivity contribution in [3.05, 3.63) is 35.4 Å². The molecule has 1 unspecified atom stereocenters. The third-order valence-electron chi connectivity index (χ3n) is 3.28. The largest absolute Gasteiger partial charge is 0.388 e. The van der Waals surface area contributed by atoms with Crippen molar-refractivity contribution in [3.63, 3.8) is 0 Å². The van der Waals surface area contributed by atoms with E-state index in [0.29, 0.717) is 18.9 Å². The zero-order valence-corrected chi connectivity index (χ0v) is 9.24. The summed E-state index contributed by atoms with van der Waals surface area (Å²) < 4.78 is 0. The first-order valence-electron chi connectivity index (χ1n) is 5.62. The van der Waals surface area contributed by atoms with Crippen LogP contribution in [0, 0.1) is 12.8 Å². The van der Waals surface area contributed by atoms with Gasteiger partial charge in [-0.1, -0.05) is 29.8 Å². The van der Waals surface area contributed by atoms with Crippen LogP contribution in [0.25, 0.3) is 0 Å². The average Bonchev–Trinajstić information content (AvgIpc) is 3.01. The van der Waals surface area contributed by atoms with E-state index < -0.39 is 5.60 Å². The fourth-order valence-electron chi connectivity index (χ4n) is 2.18. The Morgan fingerprint density at radius 1 is 1.47 bits per heavy atom. The van der Waals surface area contributed by atoms with Crippen LogP contribution in [-0.4, -0.2) is 17.3 Å². The Morgan fingerprint density at radius 2 is 2.20 bits per heavy atom. The van der Waals surface area contributed by atoms with E-state index in [1.165, 1.54) is 11.1 Å². The number of aryl methyl sites for hydroxylation is 1. The van der Waals surface area contributed by atoms with Gasteiger partial charge in [-0.05, 0) is 31.2 Å². The lowest BCUT2D eigenvalue weighted by molar-refractivity contribution is 0.0267. The molecule has 1 aliphatic rings. The maximum Gasteiger partial charge on any atom is 0.0837 e. The van der Waals surface area contributed by atoms with E-state index in [-0.39, 0.29) is 0 Å². The lowest BCUT2D eigenvalue weighted by Gasteiger charge is -2.26. The van der Waals surface area contributed by atoms with Crippen LogP contribution >= 0.6 is 0 Å². The fourth-order valence-corrected chi connectivity index (χ4v) is 2.18. The van der Waals surface area contributed by atoms with Gasteiger partial charge in [-0.3, -0.25) is 0 Å². The minimum atomic E-state index is -0.673. The zero-order chi connectivity index (χ0) is 10.9. The van der Waals surface area contributed by atoms with Gasteiger partial charge in [-0.25, -0.2) is 0 Å². The van der Waals surface area contributed by atoms with Crippen LogP contribution in [0.2, 0.25) is 0 Å². The molecule has 1 saturated carbocycles. The molecule has 82 valence electrons. The maximum atomic E-state index is 10.4. The van der Waals surface area contributed by atoms with Crippen molar-refractivity contribution >= 4 is 0 Å². The lowest BCUT2D eigenvalue weighted by Crippen LogP contribution is -2.42. The third-order valence-corrected chi connectivity index (χ3v) is 3.28. The highest BCUT2D eigenvalue weighted by Gasteiger charge is 2.42. The monoisotopic (exact) mass is 205 g/mol. The van der Waals surface area contributed by atoms with E-state index in [1.54, 1.807) is 0 Å². The molecule has 0 bridgehead atoms. The third kappa shape index (κ3) is 2.39. The van der Waals surface area contributed by atoms with Crippen molar-refractivity contribution in [2.75, 3.05) is 6.54 Å².